The SMILES string of the molecule is COc1ccccc1/C=N/n1c(C)n[nH]c1=S. The van der Waals surface area contributed by atoms with Gasteiger partial charge in [0.2, 0.25) is 4.77 Å². The number of aromatic nitrogens is 3. The molecule has 5 nitrogen and oxygen atoms in total. The number of nitrogens with zero attached hydrogens (tertiary/aromatic N) is 3. The van der Waals surface area contributed by atoms with Gasteiger partial charge in [-0.05, 0) is 31.3 Å². The third-order valence-electron chi connectivity index (χ3n) is 2.26. The summed E-state index contributed by atoms with van der Waals surface area (Å²) in [4.78, 5) is 0. The minimum absolute atomic E-state index is 0.466. The molecule has 1 N–H and O–H groups in total. The van der Waals surface area contributed by atoms with E-state index in [-0.39, 0.29) is 0 Å². The molecule has 88 valence electrons. The third-order valence-corrected chi connectivity index (χ3v) is 2.53. The average Bonchev–Trinajstić information content (AvgIpc) is 2.67. The lowest BCUT2D eigenvalue weighted by Crippen LogP contribution is -1.95. The van der Waals surface area contributed by atoms with E-state index < -0.39 is 0 Å². The van der Waals surface area contributed by atoms with Crippen LogP contribution in [0, 0.1) is 11.7 Å². The largest absolute Gasteiger partial charge is 0.496 e. The molecule has 0 aliphatic heterocycles. The van der Waals surface area contributed by atoms with Crippen molar-refractivity contribution >= 4 is 18.4 Å². The van der Waals surface area contributed by atoms with Crippen LogP contribution in [0.5, 0.6) is 5.75 Å². The molecule has 2 aromatic rings. The number of aryl methyl sites for hydroxylation is 1. The van der Waals surface area contributed by atoms with E-state index in [4.69, 9.17) is 17.0 Å². The lowest BCUT2D eigenvalue weighted by atomic mass is 10.2. The smallest absolute Gasteiger partial charge is 0.216 e. The minimum Gasteiger partial charge on any atom is -0.496 e. The number of methoxy groups -OCH3 is 1. The van der Waals surface area contributed by atoms with Crippen LogP contribution in [-0.4, -0.2) is 28.2 Å². The molecule has 0 unspecified atom stereocenters. The summed E-state index contributed by atoms with van der Waals surface area (Å²) in [6.07, 6.45) is 1.69. The third kappa shape index (κ3) is 2.42. The monoisotopic (exact) mass is 248 g/mol. The molecule has 0 aliphatic rings. The molecule has 1 heterocycles. The van der Waals surface area contributed by atoms with Gasteiger partial charge in [0, 0.05) is 5.56 Å². The first kappa shape index (κ1) is 11.5. The van der Waals surface area contributed by atoms with E-state index in [1.54, 1.807) is 18.0 Å². The Bertz CT molecular complexity index is 600. The van der Waals surface area contributed by atoms with Gasteiger partial charge in [-0.15, -0.1) is 0 Å². The molecule has 0 saturated carbocycles. The van der Waals surface area contributed by atoms with Crippen molar-refractivity contribution in [3.8, 4) is 5.75 Å². The van der Waals surface area contributed by atoms with Crippen molar-refractivity contribution in [2.45, 2.75) is 6.92 Å². The summed E-state index contributed by atoms with van der Waals surface area (Å²) in [5, 5.41) is 10.9. The molecular formula is C11H12N4OS. The Hall–Kier alpha value is -1.95. The zero-order valence-electron chi connectivity index (χ0n) is 9.54. The van der Waals surface area contributed by atoms with Crippen molar-refractivity contribution in [2.24, 2.45) is 5.10 Å². The number of H-pyrrole nitrogens is 1. The standard InChI is InChI=1S/C11H12N4OS/c1-8-13-14-11(17)15(8)12-7-9-5-3-4-6-10(9)16-2/h3-7H,1-2H3,(H,14,17)/b12-7+. The van der Waals surface area contributed by atoms with Gasteiger partial charge in [-0.25, -0.2) is 0 Å². The number of ether oxygens (including phenoxy) is 1. The highest BCUT2D eigenvalue weighted by atomic mass is 32.1. The van der Waals surface area contributed by atoms with Crippen LogP contribution in [0.1, 0.15) is 11.4 Å². The van der Waals surface area contributed by atoms with Gasteiger partial charge in [0.15, 0.2) is 0 Å². The fraction of sp³-hybridized carbons (Fsp3) is 0.182. The van der Waals surface area contributed by atoms with Gasteiger partial charge in [0.05, 0.1) is 13.3 Å². The van der Waals surface area contributed by atoms with Crippen LogP contribution < -0.4 is 4.74 Å². The van der Waals surface area contributed by atoms with Crippen molar-refractivity contribution in [1.29, 1.82) is 0 Å². The van der Waals surface area contributed by atoms with E-state index in [0.29, 0.717) is 10.6 Å². The second-order valence-electron chi connectivity index (χ2n) is 3.37. The van der Waals surface area contributed by atoms with Crippen molar-refractivity contribution in [3.05, 3.63) is 40.4 Å². The number of rotatable bonds is 3. The van der Waals surface area contributed by atoms with Crippen LogP contribution in [0.3, 0.4) is 0 Å². The summed E-state index contributed by atoms with van der Waals surface area (Å²) in [6.45, 7) is 1.83. The Morgan fingerprint density at radius 2 is 2.24 bits per heavy atom. The second-order valence-corrected chi connectivity index (χ2v) is 3.76. The number of nitrogens with one attached hydrogen (secondary N) is 1. The van der Waals surface area contributed by atoms with Gasteiger partial charge in [0.25, 0.3) is 0 Å². The Morgan fingerprint density at radius 3 is 2.88 bits per heavy atom. The summed E-state index contributed by atoms with van der Waals surface area (Å²) in [7, 11) is 1.63. The molecule has 6 heteroatoms. The summed E-state index contributed by atoms with van der Waals surface area (Å²) in [5.41, 5.74) is 0.887. The van der Waals surface area contributed by atoms with Crippen LogP contribution in [0.4, 0.5) is 0 Å². The maximum atomic E-state index is 5.23. The minimum atomic E-state index is 0.466. The fourth-order valence-corrected chi connectivity index (χ4v) is 1.62. The Morgan fingerprint density at radius 1 is 1.47 bits per heavy atom. The fourth-order valence-electron chi connectivity index (χ4n) is 1.40. The molecule has 2 rings (SSSR count). The molecule has 0 bridgehead atoms. The molecule has 17 heavy (non-hydrogen) atoms. The highest BCUT2D eigenvalue weighted by Crippen LogP contribution is 2.14. The highest BCUT2D eigenvalue weighted by molar-refractivity contribution is 7.71. The first-order valence-corrected chi connectivity index (χ1v) is 5.44. The molecule has 0 amide bonds. The number of aromatic amines is 1. The van der Waals surface area contributed by atoms with Gasteiger partial charge < -0.3 is 4.74 Å². The molecule has 0 saturated heterocycles. The predicted octanol–water partition coefficient (Wildman–Crippen LogP) is 2.14. The van der Waals surface area contributed by atoms with Gasteiger partial charge in [-0.3, -0.25) is 5.10 Å². The molecule has 0 atom stereocenters. The van der Waals surface area contributed by atoms with Crippen molar-refractivity contribution in [1.82, 2.24) is 14.9 Å². The average molecular weight is 248 g/mol. The van der Waals surface area contributed by atoms with Crippen molar-refractivity contribution < 1.29 is 4.74 Å². The lowest BCUT2D eigenvalue weighted by molar-refractivity contribution is 0.414. The Labute approximate surface area is 104 Å². The van der Waals surface area contributed by atoms with Crippen LogP contribution in [0.2, 0.25) is 0 Å². The first-order valence-electron chi connectivity index (χ1n) is 5.04. The van der Waals surface area contributed by atoms with Crippen molar-refractivity contribution in [2.75, 3.05) is 7.11 Å². The highest BCUT2D eigenvalue weighted by Gasteiger charge is 2.00. The van der Waals surface area contributed by atoms with E-state index in [2.05, 4.69) is 15.3 Å². The van der Waals surface area contributed by atoms with Gasteiger partial charge in [-0.1, -0.05) is 12.1 Å². The summed E-state index contributed by atoms with van der Waals surface area (Å²) < 4.78 is 7.25. The van der Waals surface area contributed by atoms with Crippen molar-refractivity contribution in [3.63, 3.8) is 0 Å². The van der Waals surface area contributed by atoms with Crippen LogP contribution in [0.25, 0.3) is 0 Å². The maximum Gasteiger partial charge on any atom is 0.216 e. The topological polar surface area (TPSA) is 55.2 Å². The van der Waals surface area contributed by atoms with Crippen LogP contribution >= 0.6 is 12.2 Å². The van der Waals surface area contributed by atoms with Crippen LogP contribution in [0.15, 0.2) is 29.4 Å². The zero-order valence-corrected chi connectivity index (χ0v) is 10.4. The van der Waals surface area contributed by atoms with Gasteiger partial charge >= 0.3 is 0 Å². The maximum absolute atomic E-state index is 5.23. The molecule has 1 aromatic heterocycles. The summed E-state index contributed by atoms with van der Waals surface area (Å²) in [6, 6.07) is 7.63. The summed E-state index contributed by atoms with van der Waals surface area (Å²) in [5.74, 6) is 1.48. The molecule has 0 aliphatic carbocycles. The Balaban J connectivity index is 2.35. The van der Waals surface area contributed by atoms with Gasteiger partial charge in [-0.2, -0.15) is 14.9 Å². The van der Waals surface area contributed by atoms with E-state index >= 15 is 0 Å². The van der Waals surface area contributed by atoms with E-state index in [1.807, 2.05) is 31.2 Å². The molecule has 0 fully saturated rings. The molecule has 0 radical (unpaired) electrons. The first-order chi connectivity index (χ1) is 8.22. The number of hydrogen-bond donors (Lipinski definition) is 1. The van der Waals surface area contributed by atoms with Gasteiger partial charge in [0.1, 0.15) is 11.6 Å². The molecule has 1 aromatic carbocycles. The number of para-hydroxylation sites is 1. The number of hydrogen-bond acceptors (Lipinski definition) is 4. The zero-order chi connectivity index (χ0) is 12.3. The quantitative estimate of drug-likeness (QED) is 0.668. The van der Waals surface area contributed by atoms with Crippen LogP contribution in [-0.2, 0) is 0 Å². The normalized spacial score (nSPS) is 10.9. The Kier molecular flexibility index (Phi) is 3.34. The van der Waals surface area contributed by atoms with E-state index in [9.17, 15) is 0 Å². The summed E-state index contributed by atoms with van der Waals surface area (Å²) >= 11 is 5.05. The predicted molar refractivity (Wildman–Crippen MR) is 68.1 cm³/mol. The molecule has 0 spiro atoms. The lowest BCUT2D eigenvalue weighted by Gasteiger charge is -2.02. The second kappa shape index (κ2) is 4.92. The van der Waals surface area contributed by atoms with E-state index in [0.717, 1.165) is 11.3 Å². The number of benzene rings is 1. The van der Waals surface area contributed by atoms with E-state index in [1.165, 1.54) is 0 Å². The molecular weight excluding hydrogens is 236 g/mol.